The number of rotatable bonds is 54. The Hall–Kier alpha value is -2.89. The van der Waals surface area contributed by atoms with Gasteiger partial charge in [0.2, 0.25) is 0 Å². The van der Waals surface area contributed by atoms with Crippen LogP contribution in [-0.4, -0.2) is 37.2 Å². The summed E-state index contributed by atoms with van der Waals surface area (Å²) in [6.45, 7) is 6.48. The Morgan fingerprint density at radius 1 is 0.304 bits per heavy atom. The number of hydrogen-bond donors (Lipinski definition) is 0. The van der Waals surface area contributed by atoms with Gasteiger partial charge in [0.15, 0.2) is 6.10 Å². The summed E-state index contributed by atoms with van der Waals surface area (Å²) < 4.78 is 16.8. The Kier molecular flexibility index (Phi) is 55.3. The molecule has 1 atom stereocenters. The van der Waals surface area contributed by atoms with E-state index in [2.05, 4.69) is 26.8 Å². The number of esters is 3. The zero-order chi connectivity index (χ0) is 50.0. The SMILES string of the molecule is CC/C=C/C=C/C=C/C=C/C=C/CCCC(=O)OCC(COC(=O)CCCCCCCCCCCCCCCCCCCCC)OC(=O)CCCCCCCCCCCCCCCCCCCCC. The molecule has 6 nitrogen and oxygen atoms in total. The molecule has 400 valence electrons. The topological polar surface area (TPSA) is 78.9 Å². The molecule has 6 heteroatoms. The van der Waals surface area contributed by atoms with Gasteiger partial charge in [0, 0.05) is 19.3 Å². The number of hydrogen-bond acceptors (Lipinski definition) is 6. The Balaban J connectivity index is 4.36. The van der Waals surface area contributed by atoms with Crippen LogP contribution in [0.25, 0.3) is 0 Å². The van der Waals surface area contributed by atoms with Gasteiger partial charge in [-0.2, -0.15) is 0 Å². The standard InChI is InChI=1S/C63H112O6/c1-4-7-10-13-16-19-22-25-27-29-31-33-35-38-41-44-47-50-53-56-62(65)68-59-60(58-67-61(64)55-52-49-46-43-40-37-24-21-18-15-12-9-6-3)69-63(66)57-54-51-48-45-42-39-36-34-32-30-28-26-23-20-17-14-11-8-5-2/h9,12,15,18,21,24,37,40,43,46,60H,4-8,10-11,13-14,16-17,19-20,22-23,25-36,38-39,41-42,44-45,47-59H2,1-3H3/b12-9+,18-15+,24-21+,40-37+,46-43+. The van der Waals surface area contributed by atoms with Crippen LogP contribution in [0, 0.1) is 0 Å². The maximum atomic E-state index is 12.9. The molecule has 1 unspecified atom stereocenters. The first-order valence-electron chi connectivity index (χ1n) is 29.9. The lowest BCUT2D eigenvalue weighted by Crippen LogP contribution is -2.30. The van der Waals surface area contributed by atoms with Gasteiger partial charge in [0.05, 0.1) is 0 Å². The van der Waals surface area contributed by atoms with Crippen LogP contribution >= 0.6 is 0 Å². The molecule has 0 heterocycles. The number of allylic oxidation sites excluding steroid dienone is 10. The molecule has 0 aromatic heterocycles. The summed E-state index contributed by atoms with van der Waals surface area (Å²) in [5, 5.41) is 0. The number of unbranched alkanes of at least 4 members (excludes halogenated alkanes) is 37. The Morgan fingerprint density at radius 2 is 0.565 bits per heavy atom. The molecule has 0 amide bonds. The molecule has 0 aliphatic rings. The molecule has 0 fully saturated rings. The molecule has 0 aromatic rings. The third kappa shape index (κ3) is 55.9. The van der Waals surface area contributed by atoms with E-state index in [4.69, 9.17) is 14.2 Å². The summed E-state index contributed by atoms with van der Waals surface area (Å²) >= 11 is 0. The number of ether oxygens (including phenoxy) is 3. The minimum absolute atomic E-state index is 0.0923. The summed E-state index contributed by atoms with van der Waals surface area (Å²) in [7, 11) is 0. The fourth-order valence-corrected chi connectivity index (χ4v) is 8.71. The highest BCUT2D eigenvalue weighted by Gasteiger charge is 2.19. The van der Waals surface area contributed by atoms with Crippen molar-refractivity contribution in [1.29, 1.82) is 0 Å². The summed E-state index contributed by atoms with van der Waals surface area (Å²) in [6.07, 6.45) is 72.3. The summed E-state index contributed by atoms with van der Waals surface area (Å²) in [4.78, 5) is 38.1. The highest BCUT2D eigenvalue weighted by Crippen LogP contribution is 2.17. The van der Waals surface area contributed by atoms with Crippen molar-refractivity contribution in [3.8, 4) is 0 Å². The van der Waals surface area contributed by atoms with Gasteiger partial charge < -0.3 is 14.2 Å². The highest BCUT2D eigenvalue weighted by molar-refractivity contribution is 5.71. The average molecular weight is 966 g/mol. The van der Waals surface area contributed by atoms with Crippen LogP contribution in [0.1, 0.15) is 303 Å². The van der Waals surface area contributed by atoms with Crippen LogP contribution in [0.2, 0.25) is 0 Å². The van der Waals surface area contributed by atoms with Crippen molar-refractivity contribution in [1.82, 2.24) is 0 Å². The van der Waals surface area contributed by atoms with Crippen molar-refractivity contribution in [2.75, 3.05) is 13.2 Å². The van der Waals surface area contributed by atoms with Crippen molar-refractivity contribution < 1.29 is 28.6 Å². The van der Waals surface area contributed by atoms with Crippen LogP contribution in [0.4, 0.5) is 0 Å². The van der Waals surface area contributed by atoms with Gasteiger partial charge in [-0.3, -0.25) is 14.4 Å². The molecule has 0 aliphatic heterocycles. The van der Waals surface area contributed by atoms with Crippen LogP contribution < -0.4 is 0 Å². The van der Waals surface area contributed by atoms with Crippen molar-refractivity contribution in [3.05, 3.63) is 60.8 Å². The minimum atomic E-state index is -0.800. The molecule has 0 bridgehead atoms. The monoisotopic (exact) mass is 965 g/mol. The van der Waals surface area contributed by atoms with Gasteiger partial charge >= 0.3 is 17.9 Å². The second-order valence-electron chi connectivity index (χ2n) is 20.0. The quantitative estimate of drug-likeness (QED) is 0.0262. The molecular formula is C63H112O6. The zero-order valence-electron chi connectivity index (χ0n) is 45.8. The first-order chi connectivity index (χ1) is 34.0. The lowest BCUT2D eigenvalue weighted by molar-refractivity contribution is -0.167. The largest absolute Gasteiger partial charge is 0.462 e. The first-order valence-corrected chi connectivity index (χ1v) is 29.9. The molecule has 0 saturated heterocycles. The summed E-state index contributed by atoms with van der Waals surface area (Å²) in [6, 6.07) is 0. The zero-order valence-corrected chi connectivity index (χ0v) is 45.8. The molecule has 0 spiro atoms. The smallest absolute Gasteiger partial charge is 0.306 e. The third-order valence-corrected chi connectivity index (χ3v) is 13.2. The van der Waals surface area contributed by atoms with Crippen molar-refractivity contribution in [3.63, 3.8) is 0 Å². The van der Waals surface area contributed by atoms with Crippen LogP contribution in [0.5, 0.6) is 0 Å². The third-order valence-electron chi connectivity index (χ3n) is 13.2. The maximum absolute atomic E-state index is 12.9. The van der Waals surface area contributed by atoms with Gasteiger partial charge in [-0.15, -0.1) is 0 Å². The van der Waals surface area contributed by atoms with Gasteiger partial charge in [0.25, 0.3) is 0 Å². The molecule has 0 saturated carbocycles. The van der Waals surface area contributed by atoms with Crippen LogP contribution in [0.15, 0.2) is 60.8 Å². The lowest BCUT2D eigenvalue weighted by atomic mass is 10.0. The maximum Gasteiger partial charge on any atom is 0.306 e. The fraction of sp³-hybridized carbons (Fsp3) is 0.794. The van der Waals surface area contributed by atoms with Gasteiger partial charge in [0.1, 0.15) is 13.2 Å². The molecular weight excluding hydrogens is 853 g/mol. The molecule has 0 radical (unpaired) electrons. The van der Waals surface area contributed by atoms with Gasteiger partial charge in [-0.25, -0.2) is 0 Å². The van der Waals surface area contributed by atoms with E-state index in [1.165, 1.54) is 205 Å². The molecule has 0 aliphatic carbocycles. The lowest BCUT2D eigenvalue weighted by Gasteiger charge is -2.18. The van der Waals surface area contributed by atoms with E-state index in [0.29, 0.717) is 19.3 Å². The Labute approximate surface area is 428 Å². The van der Waals surface area contributed by atoms with Gasteiger partial charge in [-0.05, 0) is 32.1 Å². The average Bonchev–Trinajstić information content (AvgIpc) is 3.35. The van der Waals surface area contributed by atoms with E-state index in [9.17, 15) is 14.4 Å². The van der Waals surface area contributed by atoms with E-state index < -0.39 is 6.10 Å². The second kappa shape index (κ2) is 57.7. The van der Waals surface area contributed by atoms with Crippen LogP contribution in [-0.2, 0) is 28.6 Å². The highest BCUT2D eigenvalue weighted by atomic mass is 16.6. The Bertz CT molecular complexity index is 1250. The van der Waals surface area contributed by atoms with E-state index >= 15 is 0 Å². The van der Waals surface area contributed by atoms with E-state index in [0.717, 1.165) is 51.4 Å². The molecule has 0 rings (SSSR count). The Morgan fingerprint density at radius 3 is 0.884 bits per heavy atom. The predicted molar refractivity (Wildman–Crippen MR) is 298 cm³/mol. The molecule has 0 N–H and O–H groups in total. The first kappa shape index (κ1) is 66.1. The van der Waals surface area contributed by atoms with E-state index in [1.54, 1.807) is 0 Å². The van der Waals surface area contributed by atoms with Crippen molar-refractivity contribution in [2.45, 2.75) is 309 Å². The minimum Gasteiger partial charge on any atom is -0.462 e. The normalized spacial score (nSPS) is 12.4. The predicted octanol–water partition coefficient (Wildman–Crippen LogP) is 20.0. The molecule has 69 heavy (non-hydrogen) atoms. The van der Waals surface area contributed by atoms with Crippen LogP contribution in [0.3, 0.4) is 0 Å². The van der Waals surface area contributed by atoms with E-state index in [1.807, 2.05) is 54.7 Å². The number of carbonyl (C=O) groups excluding carboxylic acids is 3. The number of carbonyl (C=O) groups is 3. The fourth-order valence-electron chi connectivity index (χ4n) is 8.71. The molecule has 0 aromatic carbocycles. The summed E-state index contributed by atoms with van der Waals surface area (Å²) in [5.74, 6) is -0.952. The van der Waals surface area contributed by atoms with Crippen molar-refractivity contribution in [2.24, 2.45) is 0 Å². The van der Waals surface area contributed by atoms with Crippen molar-refractivity contribution >= 4 is 17.9 Å². The second-order valence-corrected chi connectivity index (χ2v) is 20.0. The summed E-state index contributed by atoms with van der Waals surface area (Å²) in [5.41, 5.74) is 0. The van der Waals surface area contributed by atoms with Gasteiger partial charge in [-0.1, -0.05) is 313 Å². The van der Waals surface area contributed by atoms with E-state index in [-0.39, 0.29) is 37.5 Å².